The lowest BCUT2D eigenvalue weighted by molar-refractivity contribution is -0.108. The average molecular weight is 348 g/mol. The summed E-state index contributed by atoms with van der Waals surface area (Å²) >= 11 is 5.85. The maximum absolute atomic E-state index is 13.8. The fraction of sp³-hybridized carbons (Fsp3) is 0.222. The third-order valence-electron chi connectivity index (χ3n) is 4.40. The molecule has 1 amide bonds. The van der Waals surface area contributed by atoms with Crippen LogP contribution in [0, 0.1) is 5.82 Å². The Morgan fingerprint density at radius 1 is 1.33 bits per heavy atom. The molecule has 1 N–H and O–H groups in total. The third-order valence-corrected chi connectivity index (χ3v) is 4.66. The number of hydrogen-bond donors (Lipinski definition) is 1. The van der Waals surface area contributed by atoms with E-state index >= 15 is 0 Å². The number of phenols is 1. The predicted octanol–water partition coefficient (Wildman–Crippen LogP) is 3.91. The largest absolute Gasteiger partial charge is 0.505 e. The molecule has 0 radical (unpaired) electrons. The first-order chi connectivity index (χ1) is 11.4. The number of halogens is 2. The first-order valence-corrected chi connectivity index (χ1v) is 7.87. The van der Waals surface area contributed by atoms with Crippen molar-refractivity contribution in [2.75, 3.05) is 4.90 Å². The Morgan fingerprint density at radius 3 is 2.62 bits per heavy atom. The molecule has 1 aliphatic rings. The highest BCUT2D eigenvalue weighted by molar-refractivity contribution is 6.30. The minimum absolute atomic E-state index is 0.184. The van der Waals surface area contributed by atoms with E-state index in [2.05, 4.69) is 0 Å². The summed E-state index contributed by atoms with van der Waals surface area (Å²) < 4.78 is 13.8. The van der Waals surface area contributed by atoms with E-state index < -0.39 is 11.6 Å². The number of rotatable bonds is 3. The molecular formula is C18H15ClFNO3. The lowest BCUT2D eigenvalue weighted by Crippen LogP contribution is -2.37. The van der Waals surface area contributed by atoms with E-state index in [9.17, 15) is 19.1 Å². The second-order valence-electron chi connectivity index (χ2n) is 5.79. The summed E-state index contributed by atoms with van der Waals surface area (Å²) in [5, 5.41) is 10.2. The summed E-state index contributed by atoms with van der Waals surface area (Å²) in [6, 6.07) is 8.51. The minimum atomic E-state index is -0.804. The van der Waals surface area contributed by atoms with Crippen molar-refractivity contribution in [3.63, 3.8) is 0 Å². The van der Waals surface area contributed by atoms with Gasteiger partial charge in [-0.2, -0.15) is 0 Å². The van der Waals surface area contributed by atoms with Gasteiger partial charge in [-0.3, -0.25) is 4.79 Å². The van der Waals surface area contributed by atoms with Crippen LogP contribution in [0.3, 0.4) is 0 Å². The van der Waals surface area contributed by atoms with Gasteiger partial charge in [0.2, 0.25) is 0 Å². The van der Waals surface area contributed by atoms with Gasteiger partial charge in [-0.1, -0.05) is 11.6 Å². The molecule has 24 heavy (non-hydrogen) atoms. The van der Waals surface area contributed by atoms with Gasteiger partial charge in [0.05, 0.1) is 5.69 Å². The summed E-state index contributed by atoms with van der Waals surface area (Å²) in [7, 11) is 0. The molecule has 4 nitrogen and oxygen atoms in total. The van der Waals surface area contributed by atoms with Gasteiger partial charge in [0.1, 0.15) is 6.29 Å². The number of hydrogen-bond acceptors (Lipinski definition) is 3. The molecule has 1 aliphatic heterocycles. The number of aromatic hydroxyl groups is 1. The molecule has 0 bridgehead atoms. The zero-order chi connectivity index (χ0) is 17.4. The maximum Gasteiger partial charge on any atom is 0.258 e. The highest BCUT2D eigenvalue weighted by atomic mass is 35.5. The van der Waals surface area contributed by atoms with Gasteiger partial charge < -0.3 is 14.8 Å². The number of carbonyl (C=O) groups excluding carboxylic acids is 2. The summed E-state index contributed by atoms with van der Waals surface area (Å²) in [5.41, 5.74) is 1.39. The van der Waals surface area contributed by atoms with E-state index in [0.29, 0.717) is 21.8 Å². The Bertz CT molecular complexity index is 807. The van der Waals surface area contributed by atoms with Crippen molar-refractivity contribution >= 4 is 29.5 Å². The number of amides is 1. The third kappa shape index (κ3) is 2.65. The predicted molar refractivity (Wildman–Crippen MR) is 89.2 cm³/mol. The van der Waals surface area contributed by atoms with Gasteiger partial charge in [0, 0.05) is 35.0 Å². The maximum atomic E-state index is 13.8. The molecule has 0 saturated heterocycles. The van der Waals surface area contributed by atoms with Gasteiger partial charge in [-0.15, -0.1) is 0 Å². The Hall–Kier alpha value is -2.40. The zero-order valence-electron chi connectivity index (χ0n) is 12.9. The second-order valence-corrected chi connectivity index (χ2v) is 6.23. The SMILES string of the molecule is CC1C(CC=O)c2cc(O)c(F)cc2N1C(=O)c1ccc(Cl)cc1. The number of benzene rings is 2. The van der Waals surface area contributed by atoms with Crippen LogP contribution in [0.15, 0.2) is 36.4 Å². The lowest BCUT2D eigenvalue weighted by Gasteiger charge is -2.25. The Labute approximate surface area is 143 Å². The van der Waals surface area contributed by atoms with Gasteiger partial charge in [-0.05, 0) is 42.8 Å². The molecule has 0 aromatic heterocycles. The van der Waals surface area contributed by atoms with Crippen LogP contribution < -0.4 is 4.90 Å². The van der Waals surface area contributed by atoms with Crippen molar-refractivity contribution in [2.45, 2.75) is 25.3 Å². The van der Waals surface area contributed by atoms with E-state index in [1.54, 1.807) is 31.2 Å². The highest BCUT2D eigenvalue weighted by Crippen LogP contribution is 2.45. The smallest absolute Gasteiger partial charge is 0.258 e. The number of phenolic OH excluding ortho intramolecular Hbond substituents is 1. The molecule has 0 saturated carbocycles. The molecule has 2 atom stereocenters. The molecule has 6 heteroatoms. The lowest BCUT2D eigenvalue weighted by atomic mass is 9.93. The molecule has 1 heterocycles. The molecular weight excluding hydrogens is 333 g/mol. The Balaban J connectivity index is 2.08. The molecule has 2 aromatic rings. The van der Waals surface area contributed by atoms with Gasteiger partial charge in [-0.25, -0.2) is 4.39 Å². The van der Waals surface area contributed by atoms with Crippen LogP contribution in [0.2, 0.25) is 5.02 Å². The van der Waals surface area contributed by atoms with Crippen LogP contribution in [0.4, 0.5) is 10.1 Å². The Kier molecular flexibility index (Phi) is 4.28. The van der Waals surface area contributed by atoms with Crippen LogP contribution in [-0.2, 0) is 4.79 Å². The number of carbonyl (C=O) groups is 2. The fourth-order valence-electron chi connectivity index (χ4n) is 3.19. The van der Waals surface area contributed by atoms with Crippen molar-refractivity contribution in [3.8, 4) is 5.75 Å². The zero-order valence-corrected chi connectivity index (χ0v) is 13.6. The number of nitrogens with zero attached hydrogens (tertiary/aromatic N) is 1. The van der Waals surface area contributed by atoms with Crippen molar-refractivity contribution in [1.29, 1.82) is 0 Å². The second kappa shape index (κ2) is 6.24. The molecule has 2 aromatic carbocycles. The quantitative estimate of drug-likeness (QED) is 0.856. The number of aldehydes is 1. The van der Waals surface area contributed by atoms with Gasteiger partial charge in [0.15, 0.2) is 11.6 Å². The molecule has 3 rings (SSSR count). The first-order valence-electron chi connectivity index (χ1n) is 7.49. The van der Waals surface area contributed by atoms with E-state index in [-0.39, 0.29) is 24.3 Å². The van der Waals surface area contributed by atoms with Crippen molar-refractivity contribution in [2.24, 2.45) is 0 Å². The standard InChI is InChI=1S/C18H15ClFNO3/c1-10-13(6-7-22)14-8-17(23)15(20)9-16(14)21(10)18(24)11-2-4-12(19)5-3-11/h2-5,7-10,13,23H,6H2,1H3. The van der Waals surface area contributed by atoms with Crippen LogP contribution in [0.25, 0.3) is 0 Å². The normalized spacial score (nSPS) is 19.2. The van der Waals surface area contributed by atoms with Crippen molar-refractivity contribution in [3.05, 3.63) is 58.4 Å². The van der Waals surface area contributed by atoms with Crippen molar-refractivity contribution < 1.29 is 19.1 Å². The summed E-state index contributed by atoms with van der Waals surface area (Å²) in [6.07, 6.45) is 0.950. The van der Waals surface area contributed by atoms with E-state index in [1.807, 2.05) is 0 Å². The summed E-state index contributed by atoms with van der Waals surface area (Å²) in [6.45, 7) is 1.80. The number of fused-ring (bicyclic) bond motifs is 1. The van der Waals surface area contributed by atoms with Gasteiger partial charge >= 0.3 is 0 Å². The van der Waals surface area contributed by atoms with Crippen molar-refractivity contribution in [1.82, 2.24) is 0 Å². The summed E-state index contributed by atoms with van der Waals surface area (Å²) in [4.78, 5) is 25.4. The van der Waals surface area contributed by atoms with E-state index in [0.717, 1.165) is 12.4 Å². The molecule has 0 spiro atoms. The van der Waals surface area contributed by atoms with Crippen LogP contribution >= 0.6 is 11.6 Å². The molecule has 0 aliphatic carbocycles. The van der Waals surface area contributed by atoms with E-state index in [4.69, 9.17) is 11.6 Å². The number of anilines is 1. The Morgan fingerprint density at radius 2 is 2.00 bits per heavy atom. The van der Waals surface area contributed by atoms with Gasteiger partial charge in [0.25, 0.3) is 5.91 Å². The monoisotopic (exact) mass is 347 g/mol. The fourth-order valence-corrected chi connectivity index (χ4v) is 3.31. The summed E-state index contributed by atoms with van der Waals surface area (Å²) in [5.74, 6) is -1.89. The molecule has 2 unspecified atom stereocenters. The highest BCUT2D eigenvalue weighted by Gasteiger charge is 2.39. The molecule has 0 fully saturated rings. The molecule has 124 valence electrons. The minimum Gasteiger partial charge on any atom is -0.505 e. The first kappa shape index (κ1) is 16.5. The van der Waals surface area contributed by atoms with E-state index in [1.165, 1.54) is 11.0 Å². The average Bonchev–Trinajstić information content (AvgIpc) is 2.80. The van der Waals surface area contributed by atoms with Crippen LogP contribution in [0.5, 0.6) is 5.75 Å². The van der Waals surface area contributed by atoms with Crippen LogP contribution in [-0.4, -0.2) is 23.3 Å². The van der Waals surface area contributed by atoms with Crippen LogP contribution in [0.1, 0.15) is 35.2 Å². The topological polar surface area (TPSA) is 57.6 Å².